The maximum Gasteiger partial charge on any atom is 0.339 e. The molecule has 3 rings (SSSR count). The Hall–Kier alpha value is -2.71. The quantitative estimate of drug-likeness (QED) is 0.644. The summed E-state index contributed by atoms with van der Waals surface area (Å²) in [6.07, 6.45) is 4.93. The van der Waals surface area contributed by atoms with Crippen LogP contribution < -0.4 is 4.90 Å². The summed E-state index contributed by atoms with van der Waals surface area (Å²) in [5.74, 6) is -2.00. The van der Waals surface area contributed by atoms with Gasteiger partial charge >= 0.3 is 5.97 Å². The number of carbonyl (C=O) groups excluding carboxylic acids is 1. The SMILES string of the molecule is O=C(O)c1cc(N2C(=O)C(=Cc3ccncc3)SC2=S)ccc1O. The molecular formula is C16H10N2O4S2. The summed E-state index contributed by atoms with van der Waals surface area (Å²) >= 11 is 6.37. The normalized spacial score (nSPS) is 16.0. The van der Waals surface area contributed by atoms with Crippen molar-refractivity contribution in [1.29, 1.82) is 0 Å². The molecule has 1 aliphatic heterocycles. The molecule has 2 N–H and O–H groups in total. The fraction of sp³-hybridized carbons (Fsp3) is 0. The van der Waals surface area contributed by atoms with Crippen LogP contribution in [-0.4, -0.2) is 31.4 Å². The van der Waals surface area contributed by atoms with Gasteiger partial charge in [-0.15, -0.1) is 0 Å². The average molecular weight is 358 g/mol. The minimum absolute atomic E-state index is 0.292. The van der Waals surface area contributed by atoms with E-state index < -0.39 is 5.97 Å². The predicted molar refractivity (Wildman–Crippen MR) is 95.0 cm³/mol. The zero-order valence-electron chi connectivity index (χ0n) is 12.0. The van der Waals surface area contributed by atoms with E-state index in [-0.39, 0.29) is 17.2 Å². The van der Waals surface area contributed by atoms with Crippen LogP contribution in [0.5, 0.6) is 5.75 Å². The molecule has 1 amide bonds. The van der Waals surface area contributed by atoms with Crippen LogP contribution in [0.15, 0.2) is 47.6 Å². The van der Waals surface area contributed by atoms with Crippen LogP contribution in [0.25, 0.3) is 6.08 Å². The molecule has 8 heteroatoms. The second kappa shape index (κ2) is 6.42. The first-order valence-corrected chi connectivity index (χ1v) is 7.94. The molecule has 0 atom stereocenters. The van der Waals surface area contributed by atoms with E-state index >= 15 is 0 Å². The van der Waals surface area contributed by atoms with Gasteiger partial charge in [0.15, 0.2) is 4.32 Å². The molecule has 1 aromatic heterocycles. The number of thiocarbonyl (C=S) groups is 1. The number of amides is 1. The largest absolute Gasteiger partial charge is 0.507 e. The first-order chi connectivity index (χ1) is 11.5. The lowest BCUT2D eigenvalue weighted by molar-refractivity contribution is -0.113. The van der Waals surface area contributed by atoms with E-state index in [1.165, 1.54) is 23.1 Å². The van der Waals surface area contributed by atoms with E-state index in [0.29, 0.717) is 14.9 Å². The number of carboxylic acid groups (broad SMARTS) is 1. The molecule has 120 valence electrons. The maximum atomic E-state index is 12.6. The van der Waals surface area contributed by atoms with Gasteiger partial charge < -0.3 is 10.2 Å². The number of phenols is 1. The average Bonchev–Trinajstić information content (AvgIpc) is 2.83. The lowest BCUT2D eigenvalue weighted by atomic mass is 10.1. The van der Waals surface area contributed by atoms with Gasteiger partial charge in [0.25, 0.3) is 5.91 Å². The number of pyridine rings is 1. The molecule has 1 aromatic carbocycles. The van der Waals surface area contributed by atoms with Gasteiger partial charge in [-0.25, -0.2) is 4.79 Å². The Bertz CT molecular complexity index is 881. The van der Waals surface area contributed by atoms with Crippen LogP contribution in [0.4, 0.5) is 5.69 Å². The highest BCUT2D eigenvalue weighted by Crippen LogP contribution is 2.37. The summed E-state index contributed by atoms with van der Waals surface area (Å²) in [6.45, 7) is 0. The van der Waals surface area contributed by atoms with Crippen LogP contribution in [0.3, 0.4) is 0 Å². The van der Waals surface area contributed by atoms with Gasteiger partial charge in [-0.05, 0) is 42.0 Å². The monoisotopic (exact) mass is 358 g/mol. The molecule has 0 saturated carbocycles. The van der Waals surface area contributed by atoms with Crippen LogP contribution in [0.2, 0.25) is 0 Å². The summed E-state index contributed by atoms with van der Waals surface area (Å²) in [4.78, 5) is 29.3. The zero-order valence-corrected chi connectivity index (χ0v) is 13.7. The first-order valence-electron chi connectivity index (χ1n) is 6.71. The number of carboxylic acids is 1. The third-order valence-corrected chi connectivity index (χ3v) is 4.57. The minimum Gasteiger partial charge on any atom is -0.507 e. The molecule has 2 heterocycles. The highest BCUT2D eigenvalue weighted by Gasteiger charge is 2.33. The van der Waals surface area contributed by atoms with Gasteiger partial charge in [0, 0.05) is 12.4 Å². The van der Waals surface area contributed by atoms with Crippen molar-refractivity contribution in [3.63, 3.8) is 0 Å². The number of aromatic carboxylic acids is 1. The minimum atomic E-state index is -1.29. The molecule has 0 aliphatic carbocycles. The smallest absolute Gasteiger partial charge is 0.339 e. The van der Waals surface area contributed by atoms with E-state index in [9.17, 15) is 14.7 Å². The number of nitrogens with zero attached hydrogens (tertiary/aromatic N) is 2. The second-order valence-corrected chi connectivity index (χ2v) is 6.48. The number of carbonyl (C=O) groups is 2. The third kappa shape index (κ3) is 3.01. The lowest BCUT2D eigenvalue weighted by Crippen LogP contribution is -2.27. The standard InChI is InChI=1S/C16H10N2O4S2/c19-12-2-1-10(8-11(12)15(21)22)18-14(20)13(24-16(18)23)7-9-3-5-17-6-4-9/h1-8,19H,(H,21,22). The molecular weight excluding hydrogens is 348 g/mol. The zero-order chi connectivity index (χ0) is 17.3. The second-order valence-electron chi connectivity index (χ2n) is 4.80. The van der Waals surface area contributed by atoms with Crippen LogP contribution in [-0.2, 0) is 4.79 Å². The number of thioether (sulfide) groups is 1. The van der Waals surface area contributed by atoms with Crippen molar-refractivity contribution in [3.05, 3.63) is 58.8 Å². The van der Waals surface area contributed by atoms with Crippen molar-refractivity contribution in [2.75, 3.05) is 4.90 Å². The molecule has 0 unspecified atom stereocenters. The number of benzene rings is 1. The summed E-state index contributed by atoms with van der Waals surface area (Å²) in [6, 6.07) is 7.41. The molecule has 0 bridgehead atoms. The van der Waals surface area contributed by atoms with Crippen LogP contribution in [0, 0.1) is 0 Å². The summed E-state index contributed by atoms with van der Waals surface area (Å²) < 4.78 is 0.294. The number of rotatable bonds is 3. The molecule has 1 saturated heterocycles. The number of anilines is 1. The number of aromatic nitrogens is 1. The van der Waals surface area contributed by atoms with Gasteiger partial charge in [0.1, 0.15) is 11.3 Å². The van der Waals surface area contributed by atoms with Gasteiger partial charge in [-0.1, -0.05) is 24.0 Å². The molecule has 0 radical (unpaired) electrons. The lowest BCUT2D eigenvalue weighted by Gasteiger charge is -2.15. The van der Waals surface area contributed by atoms with E-state index in [2.05, 4.69) is 4.98 Å². The summed E-state index contributed by atoms with van der Waals surface area (Å²) in [5, 5.41) is 18.7. The Labute approximate surface area is 146 Å². The third-order valence-electron chi connectivity index (χ3n) is 3.27. The van der Waals surface area contributed by atoms with E-state index in [1.807, 2.05) is 0 Å². The van der Waals surface area contributed by atoms with Gasteiger partial charge in [0.2, 0.25) is 0 Å². The Morgan fingerprint density at radius 1 is 1.25 bits per heavy atom. The topological polar surface area (TPSA) is 90.7 Å². The number of aromatic hydroxyl groups is 1. The molecule has 0 spiro atoms. The van der Waals surface area contributed by atoms with Crippen molar-refractivity contribution in [1.82, 2.24) is 4.98 Å². The first kappa shape index (κ1) is 16.2. The molecule has 1 aliphatic rings. The number of hydrogen-bond donors (Lipinski definition) is 2. The number of hydrogen-bond acceptors (Lipinski definition) is 6. The van der Waals surface area contributed by atoms with Crippen molar-refractivity contribution in [3.8, 4) is 5.75 Å². The van der Waals surface area contributed by atoms with Crippen molar-refractivity contribution in [2.45, 2.75) is 0 Å². The van der Waals surface area contributed by atoms with Crippen LogP contribution >= 0.6 is 24.0 Å². The highest BCUT2D eigenvalue weighted by atomic mass is 32.2. The fourth-order valence-electron chi connectivity index (χ4n) is 2.14. The van der Waals surface area contributed by atoms with Gasteiger partial charge in [-0.2, -0.15) is 0 Å². The highest BCUT2D eigenvalue weighted by molar-refractivity contribution is 8.27. The molecule has 6 nitrogen and oxygen atoms in total. The summed E-state index contributed by atoms with van der Waals surface area (Å²) in [5.41, 5.74) is 0.813. The Kier molecular flexibility index (Phi) is 4.32. The van der Waals surface area contributed by atoms with Gasteiger partial charge in [0.05, 0.1) is 10.6 Å². The molecule has 24 heavy (non-hydrogen) atoms. The van der Waals surface area contributed by atoms with E-state index in [4.69, 9.17) is 17.3 Å². The van der Waals surface area contributed by atoms with Crippen molar-refractivity contribution >= 4 is 51.9 Å². The Morgan fingerprint density at radius 2 is 1.96 bits per heavy atom. The Morgan fingerprint density at radius 3 is 2.62 bits per heavy atom. The Balaban J connectivity index is 1.97. The van der Waals surface area contributed by atoms with Crippen LogP contribution in [0.1, 0.15) is 15.9 Å². The van der Waals surface area contributed by atoms with Crippen molar-refractivity contribution < 1.29 is 19.8 Å². The van der Waals surface area contributed by atoms with Crippen molar-refractivity contribution in [2.24, 2.45) is 0 Å². The maximum absolute atomic E-state index is 12.6. The van der Waals surface area contributed by atoms with E-state index in [1.54, 1.807) is 30.6 Å². The van der Waals surface area contributed by atoms with Gasteiger partial charge in [-0.3, -0.25) is 14.7 Å². The summed E-state index contributed by atoms with van der Waals surface area (Å²) in [7, 11) is 0. The van der Waals surface area contributed by atoms with E-state index in [0.717, 1.165) is 17.3 Å². The predicted octanol–water partition coefficient (Wildman–Crippen LogP) is 2.89. The molecule has 1 fully saturated rings. The molecule has 2 aromatic rings. The fourth-order valence-corrected chi connectivity index (χ4v) is 3.43.